The molecule has 2 nitrogen and oxygen atoms in total. The van der Waals surface area contributed by atoms with Crippen LogP contribution in [0.25, 0.3) is 0 Å². The van der Waals surface area contributed by atoms with Gasteiger partial charge in [0.05, 0.1) is 0 Å². The fourth-order valence-electron chi connectivity index (χ4n) is 0.890. The Hall–Kier alpha value is -0.390. The molecular formula is C9H11F3O2SiZn. The van der Waals surface area contributed by atoms with Crippen LogP contribution in [0.5, 0.6) is 5.75 Å². The average Bonchev–Trinajstić information content (AvgIpc) is 2.12. The van der Waals surface area contributed by atoms with E-state index in [1.54, 1.807) is 0 Å². The van der Waals surface area contributed by atoms with Crippen LogP contribution < -0.4 is 3.56 Å². The summed E-state index contributed by atoms with van der Waals surface area (Å²) in [6.07, 6.45) is 0. The summed E-state index contributed by atoms with van der Waals surface area (Å²) >= 11 is -1.76. The van der Waals surface area contributed by atoms with Crippen LogP contribution in [0.1, 0.15) is 0 Å². The third kappa shape index (κ3) is 4.23. The van der Waals surface area contributed by atoms with Crippen molar-refractivity contribution < 1.29 is 37.8 Å². The summed E-state index contributed by atoms with van der Waals surface area (Å²) in [5, 5.41) is 0. The molecule has 0 radical (unpaired) electrons. The Labute approximate surface area is 101 Å². The van der Waals surface area contributed by atoms with Crippen molar-refractivity contribution in [1.29, 1.82) is 0 Å². The molecule has 0 saturated carbocycles. The van der Waals surface area contributed by atoms with Crippen molar-refractivity contribution in [3.05, 3.63) is 29.6 Å². The second-order valence-corrected chi connectivity index (χ2v) is 11.7. The van der Waals surface area contributed by atoms with E-state index in [9.17, 15) is 13.2 Å². The molecule has 1 aromatic rings. The van der Waals surface area contributed by atoms with Crippen molar-refractivity contribution in [3.8, 4) is 5.75 Å². The zero-order valence-electron chi connectivity index (χ0n) is 9.31. The van der Waals surface area contributed by atoms with Gasteiger partial charge in [0.25, 0.3) is 0 Å². The SMILES string of the molecule is C[Si](C)(C)[O][Zn][O]c1cc(F)c(F)c(F)c1. The van der Waals surface area contributed by atoms with Crippen molar-refractivity contribution in [2.24, 2.45) is 0 Å². The van der Waals surface area contributed by atoms with Crippen LogP contribution in [0.2, 0.25) is 19.6 Å². The number of benzene rings is 1. The molecule has 0 unspecified atom stereocenters. The molecule has 16 heavy (non-hydrogen) atoms. The molecule has 0 heterocycles. The summed E-state index contributed by atoms with van der Waals surface area (Å²) in [5.41, 5.74) is 0. The fourth-order valence-corrected chi connectivity index (χ4v) is 4.53. The summed E-state index contributed by atoms with van der Waals surface area (Å²) in [7, 11) is -1.65. The third-order valence-electron chi connectivity index (χ3n) is 1.67. The third-order valence-corrected chi connectivity index (χ3v) is 9.80. The van der Waals surface area contributed by atoms with Gasteiger partial charge in [-0.1, -0.05) is 0 Å². The Morgan fingerprint density at radius 2 is 1.56 bits per heavy atom. The minimum atomic E-state index is -1.76. The van der Waals surface area contributed by atoms with Crippen molar-refractivity contribution in [2.45, 2.75) is 19.6 Å². The molecule has 1 rings (SSSR count). The Morgan fingerprint density at radius 3 is 2.00 bits per heavy atom. The van der Waals surface area contributed by atoms with Gasteiger partial charge in [0.2, 0.25) is 0 Å². The van der Waals surface area contributed by atoms with E-state index in [0.717, 1.165) is 12.1 Å². The summed E-state index contributed by atoms with van der Waals surface area (Å²) in [6, 6.07) is 1.66. The van der Waals surface area contributed by atoms with Crippen molar-refractivity contribution >= 4 is 8.32 Å². The van der Waals surface area contributed by atoms with Crippen molar-refractivity contribution in [2.75, 3.05) is 0 Å². The quantitative estimate of drug-likeness (QED) is 0.628. The van der Waals surface area contributed by atoms with E-state index >= 15 is 0 Å². The Bertz CT molecular complexity index is 359. The van der Waals surface area contributed by atoms with Crippen LogP contribution in [0.15, 0.2) is 12.1 Å². The molecule has 0 aliphatic carbocycles. The van der Waals surface area contributed by atoms with Gasteiger partial charge in [-0.3, -0.25) is 0 Å². The molecule has 0 aliphatic rings. The van der Waals surface area contributed by atoms with E-state index < -0.39 is 43.6 Å². The number of rotatable bonds is 4. The minimum absolute atomic E-state index is 0.00495. The van der Waals surface area contributed by atoms with Gasteiger partial charge in [-0.25, -0.2) is 0 Å². The normalized spacial score (nSPS) is 11.1. The zero-order valence-corrected chi connectivity index (χ0v) is 13.3. The first kappa shape index (κ1) is 13.7. The molecule has 0 amide bonds. The predicted molar refractivity (Wildman–Crippen MR) is 51.4 cm³/mol. The van der Waals surface area contributed by atoms with Crippen LogP contribution in [-0.4, -0.2) is 8.32 Å². The van der Waals surface area contributed by atoms with Crippen LogP contribution in [0.3, 0.4) is 0 Å². The summed E-state index contributed by atoms with van der Waals surface area (Å²) in [5.74, 6) is -3.98. The Balaban J connectivity index is 2.62. The Kier molecular flexibility index (Phi) is 4.52. The standard InChI is InChI=1S/C6H3F3O.C3H9OSi.Zn/c7-4-1-3(10)2-5(8)6(4)9;1-5(2,3)4;/h1-2,10H;1-3H3;/q;-1;+2/p-1. The molecule has 0 fully saturated rings. The van der Waals surface area contributed by atoms with Crippen molar-refractivity contribution in [3.63, 3.8) is 0 Å². The van der Waals surface area contributed by atoms with Crippen molar-refractivity contribution in [1.82, 2.24) is 0 Å². The molecule has 86 valence electrons. The van der Waals surface area contributed by atoms with Gasteiger partial charge in [0.15, 0.2) is 0 Å². The molecule has 0 saturated heterocycles. The van der Waals surface area contributed by atoms with E-state index in [1.165, 1.54) is 0 Å². The molecule has 0 aromatic heterocycles. The summed E-state index contributed by atoms with van der Waals surface area (Å²) in [6.45, 7) is 5.98. The molecule has 1 aromatic carbocycles. The van der Waals surface area contributed by atoms with Gasteiger partial charge >= 0.3 is 101 Å². The van der Waals surface area contributed by atoms with Gasteiger partial charge in [-0.2, -0.15) is 0 Å². The topological polar surface area (TPSA) is 18.5 Å². The van der Waals surface area contributed by atoms with Gasteiger partial charge < -0.3 is 0 Å². The van der Waals surface area contributed by atoms with Crippen LogP contribution in [0.4, 0.5) is 13.2 Å². The molecular weight excluding hydrogens is 291 g/mol. The van der Waals surface area contributed by atoms with Crippen LogP contribution >= 0.6 is 0 Å². The van der Waals surface area contributed by atoms with Crippen LogP contribution in [-0.2, 0) is 21.1 Å². The van der Waals surface area contributed by atoms with Gasteiger partial charge in [0, 0.05) is 0 Å². The maximum absolute atomic E-state index is 12.8. The molecule has 0 atom stereocenters. The zero-order chi connectivity index (χ0) is 12.3. The second kappa shape index (κ2) is 5.29. The summed E-state index contributed by atoms with van der Waals surface area (Å²) in [4.78, 5) is 0. The van der Waals surface area contributed by atoms with E-state index in [2.05, 4.69) is 0 Å². The Morgan fingerprint density at radius 1 is 1.06 bits per heavy atom. The average molecular weight is 302 g/mol. The number of hydrogen-bond donors (Lipinski definition) is 0. The van der Waals surface area contributed by atoms with E-state index in [0.29, 0.717) is 0 Å². The first-order valence-electron chi connectivity index (χ1n) is 4.71. The number of halogens is 3. The molecule has 0 spiro atoms. The van der Waals surface area contributed by atoms with E-state index in [-0.39, 0.29) is 5.75 Å². The van der Waals surface area contributed by atoms with Gasteiger partial charge in [-0.05, 0) is 0 Å². The molecule has 0 aliphatic heterocycles. The second-order valence-electron chi connectivity index (χ2n) is 4.22. The number of hydrogen-bond acceptors (Lipinski definition) is 2. The van der Waals surface area contributed by atoms with Gasteiger partial charge in [0.1, 0.15) is 0 Å². The molecule has 0 bridgehead atoms. The first-order valence-corrected chi connectivity index (χ1v) is 10.5. The maximum atomic E-state index is 12.8. The molecule has 0 N–H and O–H groups in total. The van der Waals surface area contributed by atoms with E-state index in [4.69, 9.17) is 6.82 Å². The monoisotopic (exact) mass is 300 g/mol. The first-order chi connectivity index (χ1) is 7.29. The molecule has 7 heteroatoms. The predicted octanol–water partition coefficient (Wildman–Crippen LogP) is 3.25. The fraction of sp³-hybridized carbons (Fsp3) is 0.333. The van der Waals surface area contributed by atoms with Crippen LogP contribution in [0, 0.1) is 17.5 Å². The summed E-state index contributed by atoms with van der Waals surface area (Å²) < 4.78 is 48.9. The van der Waals surface area contributed by atoms with E-state index in [1.807, 2.05) is 19.6 Å². The van der Waals surface area contributed by atoms with Gasteiger partial charge in [-0.15, -0.1) is 0 Å².